The Morgan fingerprint density at radius 1 is 1.18 bits per heavy atom. The average Bonchev–Trinajstić information content (AvgIpc) is 2.81. The Morgan fingerprint density at radius 3 is 2.50 bits per heavy atom. The lowest BCUT2D eigenvalue weighted by Gasteiger charge is -2.48. The van der Waals surface area contributed by atoms with Gasteiger partial charge in [-0.1, -0.05) is 12.1 Å². The van der Waals surface area contributed by atoms with Crippen molar-refractivity contribution in [3.05, 3.63) is 65.0 Å². The number of hydrogen-bond donors (Lipinski definition) is 0. The highest BCUT2D eigenvalue weighted by molar-refractivity contribution is 5.94. The van der Waals surface area contributed by atoms with Gasteiger partial charge >= 0.3 is 0 Å². The summed E-state index contributed by atoms with van der Waals surface area (Å²) in [4.78, 5) is 15.1. The number of benzene rings is 2. The van der Waals surface area contributed by atoms with Gasteiger partial charge in [0, 0.05) is 38.1 Å². The Labute approximate surface area is 202 Å². The molecule has 0 N–H and O–H groups in total. The topological polar surface area (TPSA) is 48.0 Å². The number of rotatable bonds is 6. The van der Waals surface area contributed by atoms with Gasteiger partial charge < -0.3 is 19.1 Å². The Morgan fingerprint density at radius 2 is 1.88 bits per heavy atom. The van der Waals surface area contributed by atoms with E-state index in [0.717, 1.165) is 42.6 Å². The first-order valence-corrected chi connectivity index (χ1v) is 12.4. The number of likely N-dealkylation sites (tertiary alicyclic amines) is 1. The van der Waals surface area contributed by atoms with Crippen molar-refractivity contribution in [2.24, 2.45) is 0 Å². The van der Waals surface area contributed by atoms with E-state index in [-0.39, 0.29) is 35.6 Å². The zero-order valence-corrected chi connectivity index (χ0v) is 20.7. The molecule has 6 heteroatoms. The second-order valence-electron chi connectivity index (χ2n) is 9.80. The van der Waals surface area contributed by atoms with Gasteiger partial charge in [0.1, 0.15) is 11.6 Å². The summed E-state index contributed by atoms with van der Waals surface area (Å²) in [6.07, 6.45) is 3.14. The number of halogens is 1. The van der Waals surface area contributed by atoms with Crippen LogP contribution in [-0.4, -0.2) is 48.3 Å². The smallest absolute Gasteiger partial charge is 0.253 e. The van der Waals surface area contributed by atoms with Crippen molar-refractivity contribution in [3.63, 3.8) is 0 Å². The predicted octanol–water partition coefficient (Wildman–Crippen LogP) is 5.85. The van der Waals surface area contributed by atoms with Crippen LogP contribution in [0, 0.1) is 12.7 Å². The Kier molecular flexibility index (Phi) is 7.58. The first-order chi connectivity index (χ1) is 16.3. The van der Waals surface area contributed by atoms with Gasteiger partial charge in [-0.05, 0) is 82.0 Å². The molecule has 2 atom stereocenters. The predicted molar refractivity (Wildman–Crippen MR) is 130 cm³/mol. The second kappa shape index (κ2) is 10.4. The fourth-order valence-electron chi connectivity index (χ4n) is 5.17. The largest absolute Gasteiger partial charge is 0.491 e. The minimum Gasteiger partial charge on any atom is -0.491 e. The zero-order chi connectivity index (χ0) is 24.3. The van der Waals surface area contributed by atoms with Gasteiger partial charge in [-0.3, -0.25) is 4.79 Å². The minimum atomic E-state index is -0.335. The van der Waals surface area contributed by atoms with Crippen LogP contribution in [0.15, 0.2) is 42.5 Å². The maximum Gasteiger partial charge on any atom is 0.253 e. The number of carbonyl (C=O) groups excluding carboxylic acids is 1. The molecule has 1 amide bonds. The summed E-state index contributed by atoms with van der Waals surface area (Å²) >= 11 is 0. The van der Waals surface area contributed by atoms with E-state index in [1.54, 1.807) is 12.1 Å². The summed E-state index contributed by atoms with van der Waals surface area (Å²) in [7, 11) is 0. The Hall–Kier alpha value is -2.44. The van der Waals surface area contributed by atoms with Gasteiger partial charge in [0.2, 0.25) is 0 Å². The molecule has 5 nitrogen and oxygen atoms in total. The van der Waals surface area contributed by atoms with E-state index in [1.165, 1.54) is 12.1 Å². The van der Waals surface area contributed by atoms with Crippen molar-refractivity contribution in [2.75, 3.05) is 19.7 Å². The SMILES string of the molecule is CCO[C@H]1C[C@@H](c2ccc(F)cc2)OC2(CCN(C(=O)c3ccc(OC(C)C)c(C)c3)CC2)C1. The third kappa shape index (κ3) is 5.61. The maximum absolute atomic E-state index is 13.5. The minimum absolute atomic E-state index is 0.0429. The van der Waals surface area contributed by atoms with Gasteiger partial charge in [0.25, 0.3) is 5.91 Å². The molecule has 0 aliphatic carbocycles. The van der Waals surface area contributed by atoms with E-state index >= 15 is 0 Å². The van der Waals surface area contributed by atoms with E-state index in [1.807, 2.05) is 50.8 Å². The number of amides is 1. The molecule has 2 aliphatic rings. The second-order valence-corrected chi connectivity index (χ2v) is 9.80. The molecule has 2 aromatic carbocycles. The van der Waals surface area contributed by atoms with Crippen molar-refractivity contribution in [2.45, 2.75) is 77.3 Å². The summed E-state index contributed by atoms with van der Waals surface area (Å²) in [6, 6.07) is 12.2. The average molecular weight is 470 g/mol. The van der Waals surface area contributed by atoms with Gasteiger partial charge in [-0.25, -0.2) is 4.39 Å². The zero-order valence-electron chi connectivity index (χ0n) is 20.7. The molecule has 0 bridgehead atoms. The molecular weight excluding hydrogens is 433 g/mol. The molecule has 34 heavy (non-hydrogen) atoms. The van der Waals surface area contributed by atoms with Crippen LogP contribution in [0.4, 0.5) is 4.39 Å². The summed E-state index contributed by atoms with van der Waals surface area (Å²) in [5, 5.41) is 0. The van der Waals surface area contributed by atoms with Gasteiger partial charge in [0.05, 0.1) is 23.9 Å². The van der Waals surface area contributed by atoms with Crippen LogP contribution in [0.3, 0.4) is 0 Å². The van der Waals surface area contributed by atoms with E-state index in [9.17, 15) is 9.18 Å². The van der Waals surface area contributed by atoms with E-state index in [2.05, 4.69) is 0 Å². The first kappa shape index (κ1) is 24.7. The molecule has 4 rings (SSSR count). The molecule has 2 aliphatic heterocycles. The quantitative estimate of drug-likeness (QED) is 0.532. The third-order valence-electron chi connectivity index (χ3n) is 6.86. The van der Waals surface area contributed by atoms with Gasteiger partial charge in [-0.2, -0.15) is 0 Å². The number of nitrogens with zero attached hydrogens (tertiary/aromatic N) is 1. The molecule has 2 fully saturated rings. The van der Waals surface area contributed by atoms with E-state index in [4.69, 9.17) is 14.2 Å². The highest BCUT2D eigenvalue weighted by Gasteiger charge is 2.45. The molecular formula is C28H36FNO4. The summed E-state index contributed by atoms with van der Waals surface area (Å²) in [5.41, 5.74) is 2.29. The number of carbonyl (C=O) groups is 1. The van der Waals surface area contributed by atoms with Crippen molar-refractivity contribution in [1.29, 1.82) is 0 Å². The summed E-state index contributed by atoms with van der Waals surface area (Å²) in [5.74, 6) is 0.608. The molecule has 2 saturated heterocycles. The maximum atomic E-state index is 13.5. The van der Waals surface area contributed by atoms with Crippen molar-refractivity contribution in [3.8, 4) is 5.75 Å². The highest BCUT2D eigenvalue weighted by Crippen LogP contribution is 2.44. The number of ether oxygens (including phenoxy) is 3. The molecule has 184 valence electrons. The molecule has 2 aromatic rings. The standard InChI is InChI=1S/C28H36FNO4/c1-5-32-24-17-26(21-6-9-23(29)10-7-21)34-28(18-24)12-14-30(15-13-28)27(31)22-8-11-25(20(4)16-22)33-19(2)3/h6-11,16,19,24,26H,5,12-15,17-18H2,1-4H3/t24-,26-/m0/s1. The van der Waals surface area contributed by atoms with E-state index in [0.29, 0.717) is 25.3 Å². The van der Waals surface area contributed by atoms with Crippen LogP contribution < -0.4 is 4.74 Å². The molecule has 2 heterocycles. The summed E-state index contributed by atoms with van der Waals surface area (Å²) < 4.78 is 32.0. The normalized spacial score (nSPS) is 22.2. The van der Waals surface area contributed by atoms with Crippen molar-refractivity contribution in [1.82, 2.24) is 4.90 Å². The summed E-state index contributed by atoms with van der Waals surface area (Å²) in [6.45, 7) is 9.89. The lowest BCUT2D eigenvalue weighted by molar-refractivity contribution is -0.190. The molecule has 0 saturated carbocycles. The van der Waals surface area contributed by atoms with Crippen molar-refractivity contribution >= 4 is 5.91 Å². The van der Waals surface area contributed by atoms with Crippen LogP contribution in [0.25, 0.3) is 0 Å². The Balaban J connectivity index is 1.44. The highest BCUT2D eigenvalue weighted by atomic mass is 19.1. The molecule has 0 aromatic heterocycles. The third-order valence-corrected chi connectivity index (χ3v) is 6.86. The monoisotopic (exact) mass is 469 g/mol. The number of aryl methyl sites for hydroxylation is 1. The van der Waals surface area contributed by atoms with E-state index < -0.39 is 0 Å². The fraction of sp³-hybridized carbons (Fsp3) is 0.536. The lowest BCUT2D eigenvalue weighted by Crippen LogP contribution is -2.52. The van der Waals surface area contributed by atoms with Crippen LogP contribution in [0.2, 0.25) is 0 Å². The Bertz CT molecular complexity index is 982. The van der Waals surface area contributed by atoms with Crippen LogP contribution in [-0.2, 0) is 9.47 Å². The molecule has 0 radical (unpaired) electrons. The van der Waals surface area contributed by atoms with Gasteiger partial charge in [0.15, 0.2) is 0 Å². The van der Waals surface area contributed by atoms with Crippen molar-refractivity contribution < 1.29 is 23.4 Å². The lowest BCUT2D eigenvalue weighted by atomic mass is 9.80. The fourth-order valence-corrected chi connectivity index (χ4v) is 5.17. The molecule has 1 spiro atoms. The number of piperidine rings is 1. The number of hydrogen-bond acceptors (Lipinski definition) is 4. The van der Waals surface area contributed by atoms with Crippen LogP contribution in [0.5, 0.6) is 5.75 Å². The van der Waals surface area contributed by atoms with Crippen LogP contribution >= 0.6 is 0 Å². The van der Waals surface area contributed by atoms with Crippen LogP contribution in [0.1, 0.15) is 74.0 Å². The van der Waals surface area contributed by atoms with Gasteiger partial charge in [-0.15, -0.1) is 0 Å². The molecule has 0 unspecified atom stereocenters. The first-order valence-electron chi connectivity index (χ1n) is 12.4.